The van der Waals surface area contributed by atoms with E-state index in [9.17, 15) is 5.11 Å². The number of aliphatic hydroxyl groups is 1. The number of aliphatic hydroxyl groups excluding tert-OH is 1. The third-order valence-electron chi connectivity index (χ3n) is 2.76. The highest BCUT2D eigenvalue weighted by Crippen LogP contribution is 2.21. The lowest BCUT2D eigenvalue weighted by molar-refractivity contribution is 0.0346. The minimum atomic E-state index is -0.0753. The van der Waals surface area contributed by atoms with E-state index in [1.807, 2.05) is 0 Å². The van der Waals surface area contributed by atoms with Gasteiger partial charge in [0.15, 0.2) is 0 Å². The van der Waals surface area contributed by atoms with E-state index < -0.39 is 0 Å². The highest BCUT2D eigenvalue weighted by molar-refractivity contribution is 4.80. The monoisotopic (exact) mass is 157 g/mol. The summed E-state index contributed by atoms with van der Waals surface area (Å²) in [5.74, 6) is 0. The Hall–Kier alpha value is -0.0800. The van der Waals surface area contributed by atoms with Gasteiger partial charge in [0.1, 0.15) is 0 Å². The van der Waals surface area contributed by atoms with Gasteiger partial charge in [-0.15, -0.1) is 0 Å². The number of rotatable bonds is 2. The molecule has 0 amide bonds. The van der Waals surface area contributed by atoms with E-state index in [4.69, 9.17) is 0 Å². The fourth-order valence-corrected chi connectivity index (χ4v) is 1.84. The first kappa shape index (κ1) is 9.01. The van der Waals surface area contributed by atoms with Crippen LogP contribution >= 0.6 is 0 Å². The molecule has 0 aromatic heterocycles. The molecule has 1 N–H and O–H groups in total. The second-order valence-electron chi connectivity index (χ2n) is 3.49. The van der Waals surface area contributed by atoms with E-state index >= 15 is 0 Å². The molecule has 1 aliphatic carbocycles. The van der Waals surface area contributed by atoms with Crippen LogP contribution in [0.1, 0.15) is 32.6 Å². The Morgan fingerprint density at radius 1 is 1.36 bits per heavy atom. The number of likely N-dealkylation sites (N-methyl/N-ethyl adjacent to an activating group) is 1. The normalized spacial score (nSPS) is 32.7. The van der Waals surface area contributed by atoms with Gasteiger partial charge in [-0.1, -0.05) is 19.8 Å². The highest BCUT2D eigenvalue weighted by atomic mass is 16.3. The van der Waals surface area contributed by atoms with Crippen molar-refractivity contribution >= 4 is 0 Å². The van der Waals surface area contributed by atoms with Gasteiger partial charge in [0.2, 0.25) is 0 Å². The van der Waals surface area contributed by atoms with Crippen LogP contribution in [0, 0.1) is 0 Å². The van der Waals surface area contributed by atoms with Crippen molar-refractivity contribution < 1.29 is 5.11 Å². The van der Waals surface area contributed by atoms with Crippen molar-refractivity contribution in [2.24, 2.45) is 0 Å². The minimum absolute atomic E-state index is 0.0753. The van der Waals surface area contributed by atoms with Crippen molar-refractivity contribution in [3.63, 3.8) is 0 Å². The Balaban J connectivity index is 2.40. The fraction of sp³-hybridized carbons (Fsp3) is 1.00. The molecule has 2 nitrogen and oxygen atoms in total. The van der Waals surface area contributed by atoms with Gasteiger partial charge in [0.05, 0.1) is 6.10 Å². The molecule has 0 aliphatic heterocycles. The molecule has 1 aliphatic rings. The van der Waals surface area contributed by atoms with E-state index in [0.717, 1.165) is 13.0 Å². The highest BCUT2D eigenvalue weighted by Gasteiger charge is 2.25. The smallest absolute Gasteiger partial charge is 0.0695 e. The molecule has 11 heavy (non-hydrogen) atoms. The van der Waals surface area contributed by atoms with Crippen molar-refractivity contribution in [1.82, 2.24) is 4.90 Å². The summed E-state index contributed by atoms with van der Waals surface area (Å²) in [4.78, 5) is 2.25. The Kier molecular flexibility index (Phi) is 3.34. The molecule has 2 atom stereocenters. The summed E-state index contributed by atoms with van der Waals surface area (Å²) in [6.07, 6.45) is 4.58. The average molecular weight is 157 g/mol. The molecule has 66 valence electrons. The average Bonchev–Trinajstić information content (AvgIpc) is 2.04. The third kappa shape index (κ3) is 2.17. The first-order valence-corrected chi connectivity index (χ1v) is 4.64. The molecule has 1 saturated carbocycles. The van der Waals surface area contributed by atoms with Crippen molar-refractivity contribution in [1.29, 1.82) is 0 Å². The lowest BCUT2D eigenvalue weighted by Crippen LogP contribution is -2.43. The van der Waals surface area contributed by atoms with Gasteiger partial charge in [0, 0.05) is 6.04 Å². The predicted molar refractivity (Wildman–Crippen MR) is 46.6 cm³/mol. The third-order valence-corrected chi connectivity index (χ3v) is 2.76. The van der Waals surface area contributed by atoms with E-state index in [1.165, 1.54) is 19.3 Å². The first-order chi connectivity index (χ1) is 5.25. The Labute approximate surface area is 69.2 Å². The van der Waals surface area contributed by atoms with Crippen LogP contribution < -0.4 is 0 Å². The zero-order chi connectivity index (χ0) is 8.27. The van der Waals surface area contributed by atoms with Crippen molar-refractivity contribution in [3.8, 4) is 0 Å². The zero-order valence-electron chi connectivity index (χ0n) is 7.58. The van der Waals surface area contributed by atoms with Gasteiger partial charge in [-0.25, -0.2) is 0 Å². The Bertz CT molecular complexity index is 112. The summed E-state index contributed by atoms with van der Waals surface area (Å²) >= 11 is 0. The molecule has 2 heteroatoms. The molecule has 0 bridgehead atoms. The number of hydrogen-bond donors (Lipinski definition) is 1. The Morgan fingerprint density at radius 3 is 2.55 bits per heavy atom. The molecule has 0 unspecified atom stereocenters. The quantitative estimate of drug-likeness (QED) is 0.652. The maximum absolute atomic E-state index is 9.63. The van der Waals surface area contributed by atoms with Gasteiger partial charge in [-0.3, -0.25) is 0 Å². The van der Waals surface area contributed by atoms with Crippen molar-refractivity contribution in [2.75, 3.05) is 13.6 Å². The van der Waals surface area contributed by atoms with Crippen LogP contribution in [0.2, 0.25) is 0 Å². The van der Waals surface area contributed by atoms with Crippen LogP contribution in [0.25, 0.3) is 0 Å². The molecule has 0 aromatic rings. The van der Waals surface area contributed by atoms with Gasteiger partial charge < -0.3 is 10.0 Å². The number of nitrogens with zero attached hydrogens (tertiary/aromatic N) is 1. The van der Waals surface area contributed by atoms with Gasteiger partial charge in [-0.2, -0.15) is 0 Å². The molecule has 0 spiro atoms. The lowest BCUT2D eigenvalue weighted by atomic mass is 9.92. The van der Waals surface area contributed by atoms with Gasteiger partial charge >= 0.3 is 0 Å². The van der Waals surface area contributed by atoms with Gasteiger partial charge in [-0.05, 0) is 26.4 Å². The van der Waals surface area contributed by atoms with E-state index in [-0.39, 0.29) is 6.10 Å². The first-order valence-electron chi connectivity index (χ1n) is 4.64. The molecule has 0 aromatic carbocycles. The zero-order valence-corrected chi connectivity index (χ0v) is 7.58. The summed E-state index contributed by atoms with van der Waals surface area (Å²) in [6.45, 7) is 3.18. The largest absolute Gasteiger partial charge is 0.391 e. The predicted octanol–water partition coefficient (Wildman–Crippen LogP) is 1.24. The topological polar surface area (TPSA) is 23.5 Å². The SMILES string of the molecule is CCN(C)[C@H]1CCCC[C@@H]1O. The van der Waals surface area contributed by atoms with Crippen LogP contribution in [-0.4, -0.2) is 35.7 Å². The molecule has 0 heterocycles. The molecule has 0 radical (unpaired) electrons. The van der Waals surface area contributed by atoms with Crippen LogP contribution in [0.15, 0.2) is 0 Å². The summed E-state index contributed by atoms with van der Waals surface area (Å²) in [7, 11) is 2.10. The summed E-state index contributed by atoms with van der Waals surface area (Å²) in [5, 5.41) is 9.63. The molecule has 1 rings (SSSR count). The Morgan fingerprint density at radius 2 is 2.00 bits per heavy atom. The maximum Gasteiger partial charge on any atom is 0.0695 e. The lowest BCUT2D eigenvalue weighted by Gasteiger charge is -2.34. The van der Waals surface area contributed by atoms with E-state index in [0.29, 0.717) is 6.04 Å². The maximum atomic E-state index is 9.63. The van der Waals surface area contributed by atoms with Crippen LogP contribution in [0.5, 0.6) is 0 Å². The second kappa shape index (κ2) is 4.07. The molecular weight excluding hydrogens is 138 g/mol. The fourth-order valence-electron chi connectivity index (χ4n) is 1.84. The second-order valence-corrected chi connectivity index (χ2v) is 3.49. The van der Waals surface area contributed by atoms with Crippen molar-refractivity contribution in [2.45, 2.75) is 44.8 Å². The summed E-state index contributed by atoms with van der Waals surface area (Å²) in [6, 6.07) is 0.425. The molecular formula is C9H19NO. The minimum Gasteiger partial charge on any atom is -0.391 e. The van der Waals surface area contributed by atoms with Crippen LogP contribution in [0.3, 0.4) is 0 Å². The van der Waals surface area contributed by atoms with Crippen LogP contribution in [-0.2, 0) is 0 Å². The van der Waals surface area contributed by atoms with Gasteiger partial charge in [0.25, 0.3) is 0 Å². The number of hydrogen-bond acceptors (Lipinski definition) is 2. The molecule has 0 saturated heterocycles. The van der Waals surface area contributed by atoms with E-state index in [2.05, 4.69) is 18.9 Å². The molecule has 1 fully saturated rings. The summed E-state index contributed by atoms with van der Waals surface area (Å²) in [5.41, 5.74) is 0. The van der Waals surface area contributed by atoms with E-state index in [1.54, 1.807) is 0 Å². The summed E-state index contributed by atoms with van der Waals surface area (Å²) < 4.78 is 0. The standard InChI is InChI=1S/C9H19NO/c1-3-10(2)8-6-4-5-7-9(8)11/h8-9,11H,3-7H2,1-2H3/t8-,9-/m0/s1. The van der Waals surface area contributed by atoms with Crippen LogP contribution in [0.4, 0.5) is 0 Å². The van der Waals surface area contributed by atoms with Crippen molar-refractivity contribution in [3.05, 3.63) is 0 Å².